The van der Waals surface area contributed by atoms with E-state index >= 15 is 0 Å². The van der Waals surface area contributed by atoms with Crippen LogP contribution in [0.15, 0.2) is 48.6 Å². The van der Waals surface area contributed by atoms with Crippen molar-refractivity contribution in [1.29, 1.82) is 0 Å². The highest BCUT2D eigenvalue weighted by Gasteiger charge is 2.49. The lowest BCUT2D eigenvalue weighted by molar-refractivity contribution is -0.171. The van der Waals surface area contributed by atoms with E-state index < -0.39 is 32.8 Å². The van der Waals surface area contributed by atoms with E-state index in [1.165, 1.54) is 11.1 Å². The number of rotatable bonds is 4. The van der Waals surface area contributed by atoms with E-state index in [1.54, 1.807) is 44.2 Å². The van der Waals surface area contributed by atoms with Crippen molar-refractivity contribution in [2.75, 3.05) is 44.4 Å². The maximum atomic E-state index is 13.5. The third-order valence-corrected chi connectivity index (χ3v) is 14.3. The van der Waals surface area contributed by atoms with Gasteiger partial charge in [-0.3, -0.25) is 9.59 Å². The predicted molar refractivity (Wildman–Crippen MR) is 195 cm³/mol. The molecule has 51 heavy (non-hydrogen) atoms. The first-order chi connectivity index (χ1) is 24.2. The van der Waals surface area contributed by atoms with Gasteiger partial charge in [0.2, 0.25) is 10.0 Å². The lowest BCUT2D eigenvalue weighted by Crippen LogP contribution is -2.53. The molecule has 1 saturated heterocycles. The van der Waals surface area contributed by atoms with E-state index in [0.717, 1.165) is 32.1 Å². The first-order valence-corrected chi connectivity index (χ1v) is 20.1. The summed E-state index contributed by atoms with van der Waals surface area (Å²) in [6.07, 6.45) is 7.95. The number of allylic oxidation sites excluding steroid dienone is 1. The Balaban J connectivity index is 1.27. The number of benzene rings is 2. The zero-order valence-electron chi connectivity index (χ0n) is 29.7. The first-order valence-electron chi connectivity index (χ1n) is 18.2. The third kappa shape index (κ3) is 7.15. The van der Waals surface area contributed by atoms with Gasteiger partial charge in [0.05, 0.1) is 42.8 Å². The van der Waals surface area contributed by atoms with Crippen LogP contribution in [-0.4, -0.2) is 75.8 Å². The van der Waals surface area contributed by atoms with Crippen LogP contribution in [0, 0.1) is 23.2 Å². The van der Waals surface area contributed by atoms with Gasteiger partial charge in [0.1, 0.15) is 12.4 Å². The number of nitrogens with one attached hydrogen (secondary N) is 1. The molecule has 6 atom stereocenters. The number of hydrogen-bond donors (Lipinski definition) is 2. The zero-order chi connectivity index (χ0) is 36.2. The molecule has 2 aliphatic carbocycles. The zero-order valence-corrected chi connectivity index (χ0v) is 31.2. The van der Waals surface area contributed by atoms with Crippen molar-refractivity contribution < 1.29 is 37.3 Å². The van der Waals surface area contributed by atoms with E-state index in [1.807, 2.05) is 19.1 Å². The molecule has 1 amide bonds. The molecular weight excluding hydrogens is 692 g/mol. The van der Waals surface area contributed by atoms with Crippen molar-refractivity contribution in [2.45, 2.75) is 82.0 Å². The summed E-state index contributed by atoms with van der Waals surface area (Å²) in [6, 6.07) is 11.2. The Kier molecular flexibility index (Phi) is 9.73. The van der Waals surface area contributed by atoms with E-state index in [0.29, 0.717) is 55.8 Å². The minimum atomic E-state index is -4.05. The van der Waals surface area contributed by atoms with Gasteiger partial charge in [-0.25, -0.2) is 13.1 Å². The smallest absolute Gasteiger partial charge is 0.309 e. The normalized spacial score (nSPS) is 33.2. The van der Waals surface area contributed by atoms with Gasteiger partial charge < -0.3 is 24.2 Å². The second kappa shape index (κ2) is 13.7. The SMILES string of the molecule is C[C@@H]1[C@@H](C)C/C=C\[C@@](O)(CC(=O)OCC2(C)COC2)[C@@H]2CC[C@H]2CN2C[C@@]3(CCCc4cc(Cl)ccc43)COc3ccc(cc32)C(=O)NS1(=O)=O. The van der Waals surface area contributed by atoms with E-state index in [9.17, 15) is 23.1 Å². The summed E-state index contributed by atoms with van der Waals surface area (Å²) in [7, 11) is -4.05. The maximum Gasteiger partial charge on any atom is 0.309 e. The molecule has 5 aliphatic rings. The van der Waals surface area contributed by atoms with Crippen LogP contribution in [-0.2, 0) is 36.1 Å². The second-order valence-corrected chi connectivity index (χ2v) is 18.6. The summed E-state index contributed by atoms with van der Waals surface area (Å²) < 4.78 is 46.8. The van der Waals surface area contributed by atoms with E-state index in [-0.39, 0.29) is 47.2 Å². The standard InChI is InChI=1S/C39H49ClN2O8S/c1-25-6-4-15-39(45,18-35(43)50-23-37(3)21-48-22-37)32-11-8-29(32)19-42-20-38(14-5-7-27-16-30(40)10-12-31(27)38)24-49-34-13-9-28(17-33(34)42)36(44)41-51(46,47)26(25)2/h4,9-10,12-13,15-17,25-26,29,32,45H,5-8,11,14,18-24H2,1-3H3,(H,41,44)/b15-4-/t25-,26+,29-,32+,38-,39+/m0/s1. The Hall–Kier alpha value is -3.12. The van der Waals surface area contributed by atoms with E-state index in [4.69, 9.17) is 25.8 Å². The number of aryl methyl sites for hydroxylation is 1. The van der Waals surface area contributed by atoms with Gasteiger partial charge in [-0.05, 0) is 105 Å². The number of amides is 1. The van der Waals surface area contributed by atoms with Crippen LogP contribution >= 0.6 is 11.6 Å². The van der Waals surface area contributed by atoms with Crippen molar-refractivity contribution in [1.82, 2.24) is 4.72 Å². The summed E-state index contributed by atoms with van der Waals surface area (Å²) in [4.78, 5) is 29.1. The lowest BCUT2D eigenvalue weighted by atomic mass is 9.63. The van der Waals surface area contributed by atoms with Crippen LogP contribution in [0.25, 0.3) is 0 Å². The predicted octanol–water partition coefficient (Wildman–Crippen LogP) is 5.58. The number of fused-ring (bicyclic) bond motifs is 4. The lowest BCUT2D eigenvalue weighted by Gasteiger charge is -2.49. The minimum absolute atomic E-state index is 0.0170. The van der Waals surface area contributed by atoms with Crippen molar-refractivity contribution in [3.8, 4) is 5.75 Å². The molecule has 0 unspecified atom stereocenters. The molecule has 1 spiro atoms. The van der Waals surface area contributed by atoms with Gasteiger partial charge in [0.25, 0.3) is 5.91 Å². The van der Waals surface area contributed by atoms with Gasteiger partial charge in [-0.15, -0.1) is 0 Å². The molecule has 3 aliphatic heterocycles. The van der Waals surface area contributed by atoms with Gasteiger partial charge in [-0.2, -0.15) is 0 Å². The quantitative estimate of drug-likeness (QED) is 0.305. The molecule has 2 aromatic carbocycles. The van der Waals surface area contributed by atoms with Crippen LogP contribution in [0.3, 0.4) is 0 Å². The highest BCUT2D eigenvalue weighted by atomic mass is 35.5. The molecule has 1 saturated carbocycles. The Bertz CT molecular complexity index is 1830. The fraction of sp³-hybridized carbons (Fsp3) is 0.590. The summed E-state index contributed by atoms with van der Waals surface area (Å²) in [6.45, 7) is 8.22. The second-order valence-electron chi connectivity index (χ2n) is 16.2. The molecule has 2 fully saturated rings. The number of sulfonamides is 1. The monoisotopic (exact) mass is 740 g/mol. The molecule has 276 valence electrons. The number of nitrogens with zero attached hydrogens (tertiary/aromatic N) is 1. The molecule has 3 heterocycles. The molecule has 2 aromatic rings. The van der Waals surface area contributed by atoms with Crippen molar-refractivity contribution in [2.24, 2.45) is 23.2 Å². The Morgan fingerprint density at radius 2 is 1.94 bits per heavy atom. The highest BCUT2D eigenvalue weighted by Crippen LogP contribution is 2.49. The fourth-order valence-corrected chi connectivity index (χ4v) is 10.1. The number of hydrogen-bond acceptors (Lipinski definition) is 9. The summed E-state index contributed by atoms with van der Waals surface area (Å²) in [5.74, 6) is -1.17. The number of ether oxygens (including phenoxy) is 3. The van der Waals surface area contributed by atoms with Crippen LogP contribution in [0.1, 0.15) is 80.8 Å². The third-order valence-electron chi connectivity index (χ3n) is 12.2. The molecule has 7 rings (SSSR count). The van der Waals surface area contributed by atoms with E-state index in [2.05, 4.69) is 15.7 Å². The first kappa shape index (κ1) is 36.2. The van der Waals surface area contributed by atoms with Crippen LogP contribution in [0.5, 0.6) is 5.75 Å². The van der Waals surface area contributed by atoms with Crippen LogP contribution in [0.4, 0.5) is 5.69 Å². The van der Waals surface area contributed by atoms with Gasteiger partial charge in [0.15, 0.2) is 0 Å². The molecule has 0 radical (unpaired) electrons. The average molecular weight is 741 g/mol. The van der Waals surface area contributed by atoms with Gasteiger partial charge in [0, 0.05) is 34.5 Å². The average Bonchev–Trinajstić information content (AvgIpc) is 3.20. The molecule has 2 N–H and O–H groups in total. The molecule has 12 heteroatoms. The number of esters is 1. The largest absolute Gasteiger partial charge is 0.490 e. The van der Waals surface area contributed by atoms with Gasteiger partial charge in [-0.1, -0.05) is 43.7 Å². The Morgan fingerprint density at radius 3 is 2.67 bits per heavy atom. The molecule has 0 aromatic heterocycles. The highest BCUT2D eigenvalue weighted by molar-refractivity contribution is 7.90. The van der Waals surface area contributed by atoms with Crippen LogP contribution < -0.4 is 14.4 Å². The topological polar surface area (TPSA) is 131 Å². The van der Waals surface area contributed by atoms with Crippen molar-refractivity contribution in [3.63, 3.8) is 0 Å². The summed E-state index contributed by atoms with van der Waals surface area (Å²) >= 11 is 6.44. The maximum absolute atomic E-state index is 13.5. The summed E-state index contributed by atoms with van der Waals surface area (Å²) in [5.41, 5.74) is 1.24. The van der Waals surface area contributed by atoms with Crippen molar-refractivity contribution >= 4 is 39.2 Å². The van der Waals surface area contributed by atoms with Gasteiger partial charge >= 0.3 is 5.97 Å². The molecule has 10 nitrogen and oxygen atoms in total. The Labute approximate surface area is 305 Å². The van der Waals surface area contributed by atoms with Crippen LogP contribution in [0.2, 0.25) is 5.02 Å². The molecular formula is C39H49ClN2O8S. The number of carbonyl (C=O) groups excluding carboxylic acids is 2. The number of carbonyl (C=O) groups is 2. The van der Waals surface area contributed by atoms with Crippen molar-refractivity contribution in [3.05, 3.63) is 70.3 Å². The summed E-state index contributed by atoms with van der Waals surface area (Å²) in [5, 5.41) is 12.2. The molecule has 2 bridgehead atoms. The number of anilines is 1. The fourth-order valence-electron chi connectivity index (χ4n) is 8.63. The number of halogens is 1. The minimum Gasteiger partial charge on any atom is -0.490 e. The number of aliphatic hydroxyl groups is 1. The Morgan fingerprint density at radius 1 is 1.14 bits per heavy atom.